The second-order valence-corrected chi connectivity index (χ2v) is 3.38. The van der Waals surface area contributed by atoms with Gasteiger partial charge in [0, 0.05) is 0 Å². The van der Waals surface area contributed by atoms with Gasteiger partial charge in [0.25, 0.3) is 6.43 Å². The number of rotatable bonds is 4. The number of alkyl halides is 2. The maximum atomic E-state index is 12.1. The molecule has 0 saturated heterocycles. The lowest BCUT2D eigenvalue weighted by Crippen LogP contribution is -2.35. The summed E-state index contributed by atoms with van der Waals surface area (Å²) < 4.78 is 24.1. The minimum atomic E-state index is -2.64. The van der Waals surface area contributed by atoms with E-state index in [4.69, 9.17) is 5.11 Å². The molecule has 0 aliphatic carbocycles. The van der Waals surface area contributed by atoms with Gasteiger partial charge in [-0.25, -0.2) is 8.78 Å². The van der Waals surface area contributed by atoms with Crippen LogP contribution in [0.3, 0.4) is 0 Å². The van der Waals surface area contributed by atoms with Gasteiger partial charge < -0.3 is 5.11 Å². The van der Waals surface area contributed by atoms with Crippen LogP contribution < -0.4 is 0 Å². The van der Waals surface area contributed by atoms with Crippen molar-refractivity contribution in [2.75, 3.05) is 0 Å². The Hall–Kier alpha value is -0.180. The zero-order valence-corrected chi connectivity index (χ0v) is 7.27. The van der Waals surface area contributed by atoms with Gasteiger partial charge in [-0.1, -0.05) is 20.3 Å². The monoisotopic (exact) mass is 166 g/mol. The van der Waals surface area contributed by atoms with Crippen LogP contribution in [0.2, 0.25) is 0 Å². The highest BCUT2D eigenvalue weighted by Crippen LogP contribution is 2.24. The Morgan fingerprint density at radius 2 is 1.91 bits per heavy atom. The van der Waals surface area contributed by atoms with Gasteiger partial charge in [0.2, 0.25) is 0 Å². The van der Waals surface area contributed by atoms with Gasteiger partial charge in [-0.15, -0.1) is 0 Å². The summed E-state index contributed by atoms with van der Waals surface area (Å²) in [6.45, 7) is 4.97. The predicted octanol–water partition coefficient (Wildman–Crippen LogP) is 2.44. The Labute approximate surface area is 66.4 Å². The quantitative estimate of drug-likeness (QED) is 0.680. The highest BCUT2D eigenvalue weighted by molar-refractivity contribution is 4.77. The normalized spacial score (nSPS) is 19.9. The van der Waals surface area contributed by atoms with Crippen molar-refractivity contribution in [3.63, 3.8) is 0 Å². The summed E-state index contributed by atoms with van der Waals surface area (Å²) in [5.41, 5.74) is -1.81. The molecule has 0 aromatic heterocycles. The molecule has 0 amide bonds. The summed E-state index contributed by atoms with van der Waals surface area (Å²) in [6.07, 6.45) is -1.65. The lowest BCUT2D eigenvalue weighted by atomic mass is 9.92. The number of hydrogen-bond acceptors (Lipinski definition) is 1. The van der Waals surface area contributed by atoms with Crippen molar-refractivity contribution in [1.82, 2.24) is 0 Å². The van der Waals surface area contributed by atoms with Crippen molar-refractivity contribution in [3.05, 3.63) is 0 Å². The van der Waals surface area contributed by atoms with Gasteiger partial charge >= 0.3 is 0 Å². The van der Waals surface area contributed by atoms with E-state index in [1.54, 1.807) is 0 Å². The van der Waals surface area contributed by atoms with Gasteiger partial charge in [0.1, 0.15) is 5.60 Å². The topological polar surface area (TPSA) is 20.2 Å². The summed E-state index contributed by atoms with van der Waals surface area (Å²) in [6, 6.07) is 0. The zero-order valence-electron chi connectivity index (χ0n) is 7.27. The molecule has 0 aromatic rings. The molecular formula is C8H16F2O. The SMILES string of the molecule is CCC(C)CC(C)(O)C(F)F. The number of halogens is 2. The summed E-state index contributed by atoms with van der Waals surface area (Å²) >= 11 is 0. The average Bonchev–Trinajstić information content (AvgIpc) is 1.86. The van der Waals surface area contributed by atoms with Gasteiger partial charge in [-0.2, -0.15) is 0 Å². The van der Waals surface area contributed by atoms with Gasteiger partial charge in [0.15, 0.2) is 0 Å². The predicted molar refractivity (Wildman–Crippen MR) is 40.7 cm³/mol. The van der Waals surface area contributed by atoms with Crippen LogP contribution in [0.25, 0.3) is 0 Å². The second-order valence-electron chi connectivity index (χ2n) is 3.38. The maximum absolute atomic E-state index is 12.1. The maximum Gasteiger partial charge on any atom is 0.266 e. The van der Waals surface area contributed by atoms with E-state index in [1.165, 1.54) is 6.92 Å². The van der Waals surface area contributed by atoms with E-state index in [9.17, 15) is 8.78 Å². The third kappa shape index (κ3) is 3.65. The van der Waals surface area contributed by atoms with E-state index in [-0.39, 0.29) is 12.3 Å². The Kier molecular flexibility index (Phi) is 3.93. The van der Waals surface area contributed by atoms with Crippen molar-refractivity contribution in [1.29, 1.82) is 0 Å². The molecule has 2 atom stereocenters. The van der Waals surface area contributed by atoms with E-state index in [0.717, 1.165) is 6.42 Å². The number of hydrogen-bond donors (Lipinski definition) is 1. The van der Waals surface area contributed by atoms with E-state index in [2.05, 4.69) is 0 Å². The lowest BCUT2D eigenvalue weighted by molar-refractivity contribution is -0.0952. The standard InChI is InChI=1S/C8H16F2O/c1-4-6(2)5-8(3,11)7(9)10/h6-7,11H,4-5H2,1-3H3. The van der Waals surface area contributed by atoms with Crippen LogP contribution in [0.5, 0.6) is 0 Å². The Morgan fingerprint density at radius 1 is 1.45 bits per heavy atom. The summed E-state index contributed by atoms with van der Waals surface area (Å²) in [7, 11) is 0. The molecule has 0 heterocycles. The first-order valence-electron chi connectivity index (χ1n) is 3.90. The molecule has 2 unspecified atom stereocenters. The molecule has 1 N–H and O–H groups in total. The lowest BCUT2D eigenvalue weighted by Gasteiger charge is -2.24. The molecule has 0 saturated carbocycles. The second kappa shape index (κ2) is 4.00. The smallest absolute Gasteiger partial charge is 0.266 e. The summed E-state index contributed by atoms with van der Waals surface area (Å²) in [4.78, 5) is 0. The summed E-state index contributed by atoms with van der Waals surface area (Å²) in [5, 5.41) is 9.14. The molecule has 11 heavy (non-hydrogen) atoms. The molecular weight excluding hydrogens is 150 g/mol. The van der Waals surface area contributed by atoms with Crippen molar-refractivity contribution in [2.24, 2.45) is 5.92 Å². The third-order valence-electron chi connectivity index (χ3n) is 1.93. The molecule has 0 aliphatic heterocycles. The highest BCUT2D eigenvalue weighted by atomic mass is 19.3. The fraction of sp³-hybridized carbons (Fsp3) is 1.00. The van der Waals surface area contributed by atoms with E-state index in [1.807, 2.05) is 13.8 Å². The van der Waals surface area contributed by atoms with Crippen LogP contribution in [-0.4, -0.2) is 17.1 Å². The Balaban J connectivity index is 3.90. The van der Waals surface area contributed by atoms with Crippen molar-refractivity contribution < 1.29 is 13.9 Å². The van der Waals surface area contributed by atoms with Crippen molar-refractivity contribution >= 4 is 0 Å². The molecule has 0 spiro atoms. The molecule has 0 fully saturated rings. The third-order valence-corrected chi connectivity index (χ3v) is 1.93. The molecule has 1 nitrogen and oxygen atoms in total. The van der Waals surface area contributed by atoms with Crippen molar-refractivity contribution in [2.45, 2.75) is 45.6 Å². The Morgan fingerprint density at radius 3 is 2.18 bits per heavy atom. The zero-order chi connectivity index (χ0) is 9.07. The van der Waals surface area contributed by atoms with Crippen LogP contribution >= 0.6 is 0 Å². The largest absolute Gasteiger partial charge is 0.384 e. The number of aliphatic hydroxyl groups is 1. The van der Waals surface area contributed by atoms with Crippen LogP contribution in [0, 0.1) is 5.92 Å². The van der Waals surface area contributed by atoms with Gasteiger partial charge in [-0.3, -0.25) is 0 Å². The molecule has 0 bridgehead atoms. The first-order valence-corrected chi connectivity index (χ1v) is 3.90. The Bertz CT molecular complexity index is 113. The molecule has 0 aromatic carbocycles. The van der Waals surface area contributed by atoms with Gasteiger partial charge in [0.05, 0.1) is 0 Å². The minimum Gasteiger partial charge on any atom is -0.384 e. The van der Waals surface area contributed by atoms with Crippen molar-refractivity contribution in [3.8, 4) is 0 Å². The molecule has 0 aliphatic rings. The molecule has 3 heteroatoms. The van der Waals surface area contributed by atoms with E-state index < -0.39 is 12.0 Å². The molecule has 0 rings (SSSR count). The molecule has 68 valence electrons. The fourth-order valence-corrected chi connectivity index (χ4v) is 0.939. The highest BCUT2D eigenvalue weighted by Gasteiger charge is 2.33. The average molecular weight is 166 g/mol. The first-order chi connectivity index (χ1) is 4.90. The van der Waals surface area contributed by atoms with E-state index in [0.29, 0.717) is 0 Å². The van der Waals surface area contributed by atoms with Crippen LogP contribution in [0.1, 0.15) is 33.6 Å². The van der Waals surface area contributed by atoms with Crippen LogP contribution in [-0.2, 0) is 0 Å². The minimum absolute atomic E-state index is 0.152. The first kappa shape index (κ1) is 10.8. The van der Waals surface area contributed by atoms with Crippen LogP contribution in [0.4, 0.5) is 8.78 Å². The van der Waals surface area contributed by atoms with E-state index >= 15 is 0 Å². The van der Waals surface area contributed by atoms with Gasteiger partial charge in [-0.05, 0) is 19.3 Å². The molecule has 0 radical (unpaired) electrons. The fourth-order valence-electron chi connectivity index (χ4n) is 0.939. The van der Waals surface area contributed by atoms with Crippen LogP contribution in [0.15, 0.2) is 0 Å². The summed E-state index contributed by atoms with van der Waals surface area (Å²) in [5.74, 6) is 0.152.